The van der Waals surface area contributed by atoms with Crippen LogP contribution in [0.15, 0.2) is 47.6 Å². The Balaban J connectivity index is 1.54. The van der Waals surface area contributed by atoms with Gasteiger partial charge in [-0.25, -0.2) is 0 Å². The zero-order chi connectivity index (χ0) is 24.4. The quantitative estimate of drug-likeness (QED) is 0.618. The number of ether oxygens (including phenoxy) is 1. The number of aryl methyl sites for hydroxylation is 1. The van der Waals surface area contributed by atoms with Crippen LogP contribution < -0.4 is 20.7 Å². The van der Waals surface area contributed by atoms with Crippen LogP contribution in [0.1, 0.15) is 46.4 Å². The van der Waals surface area contributed by atoms with Crippen LogP contribution in [0.25, 0.3) is 5.57 Å². The molecule has 3 aliphatic heterocycles. The number of hydrogen-bond donors (Lipinski definition) is 2. The molecular weight excluding hydrogens is 426 g/mol. The summed E-state index contributed by atoms with van der Waals surface area (Å²) < 4.78 is 5.50. The summed E-state index contributed by atoms with van der Waals surface area (Å²) in [4.78, 5) is 22.3. The normalized spacial score (nSPS) is 21.3. The van der Waals surface area contributed by atoms with Gasteiger partial charge in [0.15, 0.2) is 0 Å². The Bertz CT molecular complexity index is 1110. The summed E-state index contributed by atoms with van der Waals surface area (Å²) in [5.74, 6) is 0.615. The van der Waals surface area contributed by atoms with Crippen molar-refractivity contribution in [1.82, 2.24) is 10.2 Å². The number of allylic oxidation sites excluding steroid dienone is 1. The molecule has 5 rings (SSSR count). The zero-order valence-corrected chi connectivity index (χ0v) is 20.7. The summed E-state index contributed by atoms with van der Waals surface area (Å²) in [5, 5.41) is 3.17. The monoisotopic (exact) mass is 461 g/mol. The van der Waals surface area contributed by atoms with Crippen molar-refractivity contribution in [3.8, 4) is 5.75 Å². The molecule has 7 heteroatoms. The van der Waals surface area contributed by atoms with Gasteiger partial charge in [-0.15, -0.1) is 0 Å². The van der Waals surface area contributed by atoms with E-state index in [4.69, 9.17) is 10.5 Å². The zero-order valence-electron chi connectivity index (χ0n) is 20.7. The molecule has 3 saturated heterocycles. The fraction of sp³-hybridized carbons (Fsp3) is 0.407. The van der Waals surface area contributed by atoms with Crippen molar-refractivity contribution >= 4 is 23.4 Å². The number of piperidine rings is 1. The molecule has 3 heterocycles. The summed E-state index contributed by atoms with van der Waals surface area (Å²) in [5.41, 5.74) is 11.2. The van der Waals surface area contributed by atoms with Gasteiger partial charge < -0.3 is 20.7 Å². The average Bonchev–Trinajstić information content (AvgIpc) is 2.86. The fourth-order valence-electron chi connectivity index (χ4n) is 4.93. The number of nitrogens with one attached hydrogen (secondary N) is 1. The first-order valence-corrected chi connectivity index (χ1v) is 11.8. The molecule has 3 atom stereocenters. The van der Waals surface area contributed by atoms with Crippen LogP contribution in [0.4, 0.5) is 5.69 Å². The van der Waals surface area contributed by atoms with Gasteiger partial charge in [0.1, 0.15) is 5.75 Å². The van der Waals surface area contributed by atoms with Crippen molar-refractivity contribution in [2.24, 2.45) is 10.7 Å². The minimum atomic E-state index is -0.224. The Morgan fingerprint density at radius 1 is 1.24 bits per heavy atom. The Kier molecular flexibility index (Phi) is 6.93. The number of methoxy groups -OCH3 is 1. The number of aliphatic imine (C=N–C) groups is 1. The molecule has 2 aromatic carbocycles. The molecule has 3 N–H and O–H groups in total. The first-order valence-electron chi connectivity index (χ1n) is 11.8. The van der Waals surface area contributed by atoms with Crippen LogP contribution >= 0.6 is 0 Å². The SMILES string of the molecule is CN=C/C(=C\N)c1cc(OC)cc([C@@H](C)NC(=O)c2cc(N3C[C@H]4C[C@@H](C3)N4C)ccc2C)c1. The predicted octanol–water partition coefficient (Wildman–Crippen LogP) is 3.39. The van der Waals surface area contributed by atoms with Crippen LogP contribution in [-0.2, 0) is 0 Å². The van der Waals surface area contributed by atoms with Crippen molar-refractivity contribution < 1.29 is 9.53 Å². The Hall–Kier alpha value is -3.32. The number of amides is 1. The molecule has 3 aliphatic rings. The van der Waals surface area contributed by atoms with Crippen molar-refractivity contribution in [2.75, 3.05) is 39.2 Å². The Labute approximate surface area is 202 Å². The molecule has 0 radical (unpaired) electrons. The van der Waals surface area contributed by atoms with Crippen molar-refractivity contribution in [3.63, 3.8) is 0 Å². The maximum Gasteiger partial charge on any atom is 0.252 e. The molecule has 2 bridgehead atoms. The Morgan fingerprint density at radius 3 is 2.59 bits per heavy atom. The summed E-state index contributed by atoms with van der Waals surface area (Å²) in [6.07, 6.45) is 4.50. The van der Waals surface area contributed by atoms with E-state index in [2.05, 4.69) is 33.2 Å². The second kappa shape index (κ2) is 9.89. The van der Waals surface area contributed by atoms with Crippen LogP contribution in [0, 0.1) is 6.92 Å². The van der Waals surface area contributed by atoms with Gasteiger partial charge in [0.2, 0.25) is 0 Å². The van der Waals surface area contributed by atoms with Crippen LogP contribution in [-0.4, -0.2) is 63.4 Å². The summed E-state index contributed by atoms with van der Waals surface area (Å²) in [6, 6.07) is 13.1. The number of anilines is 1. The van der Waals surface area contributed by atoms with Crippen molar-refractivity contribution in [1.29, 1.82) is 0 Å². The molecule has 0 spiro atoms. The highest BCUT2D eigenvalue weighted by molar-refractivity contribution is 6.09. The highest BCUT2D eigenvalue weighted by Gasteiger charge is 2.42. The number of carbonyl (C=O) groups is 1. The maximum absolute atomic E-state index is 13.3. The molecule has 0 unspecified atom stereocenters. The van der Waals surface area contributed by atoms with E-state index in [-0.39, 0.29) is 11.9 Å². The van der Waals surface area contributed by atoms with E-state index in [1.54, 1.807) is 20.4 Å². The first kappa shape index (κ1) is 23.8. The van der Waals surface area contributed by atoms with E-state index in [0.29, 0.717) is 23.4 Å². The molecule has 0 aromatic heterocycles. The highest BCUT2D eigenvalue weighted by atomic mass is 16.5. The van der Waals surface area contributed by atoms with E-state index in [9.17, 15) is 4.79 Å². The highest BCUT2D eigenvalue weighted by Crippen LogP contribution is 2.34. The molecule has 180 valence electrons. The lowest BCUT2D eigenvalue weighted by atomic mass is 9.88. The third-order valence-corrected chi connectivity index (χ3v) is 7.18. The van der Waals surface area contributed by atoms with Crippen molar-refractivity contribution in [2.45, 2.75) is 38.4 Å². The van der Waals surface area contributed by atoms with Gasteiger partial charge in [-0.3, -0.25) is 14.7 Å². The van der Waals surface area contributed by atoms with E-state index >= 15 is 0 Å². The number of fused-ring (bicyclic) bond motifs is 2. The largest absolute Gasteiger partial charge is 0.497 e. The van der Waals surface area contributed by atoms with E-state index < -0.39 is 0 Å². The standard InChI is InChI=1S/C27H35N5O2/c1-17-6-7-22(32-15-23-11-24(16-32)31(23)4)12-26(17)27(33)30-18(2)19-8-20(10-25(9-19)34-5)21(13-28)14-29-3/h6-10,12-14,18,23-24H,11,15-16,28H2,1-5H3,(H,30,33)/b21-13+,29-14?/t18-,23-,24+/m1/s1. The lowest BCUT2D eigenvalue weighted by molar-refractivity contribution is 0.0264. The number of nitrogens with two attached hydrogens (primary N) is 1. The summed E-state index contributed by atoms with van der Waals surface area (Å²) >= 11 is 0. The van der Waals surface area contributed by atoms with Gasteiger partial charge in [-0.05, 0) is 74.3 Å². The number of hydrogen-bond acceptors (Lipinski definition) is 6. The van der Waals surface area contributed by atoms with Crippen molar-refractivity contribution in [3.05, 3.63) is 64.9 Å². The number of nitrogens with zero attached hydrogens (tertiary/aromatic N) is 3. The van der Waals surface area contributed by atoms with Gasteiger partial charge in [-0.1, -0.05) is 6.07 Å². The predicted molar refractivity (Wildman–Crippen MR) is 139 cm³/mol. The lowest BCUT2D eigenvalue weighted by Gasteiger charge is -2.55. The number of benzene rings is 2. The number of piperazine rings is 1. The number of likely N-dealkylation sites (N-methyl/N-ethyl adjacent to an activating group) is 1. The molecule has 0 aliphatic carbocycles. The third kappa shape index (κ3) is 4.66. The summed E-state index contributed by atoms with van der Waals surface area (Å²) in [7, 11) is 5.54. The molecule has 3 fully saturated rings. The summed E-state index contributed by atoms with van der Waals surface area (Å²) in [6.45, 7) is 5.98. The van der Waals surface area contributed by atoms with E-state index in [0.717, 1.165) is 41.0 Å². The van der Waals surface area contributed by atoms with Gasteiger partial charge in [0.05, 0.1) is 13.2 Å². The number of rotatable bonds is 7. The molecule has 7 nitrogen and oxygen atoms in total. The third-order valence-electron chi connectivity index (χ3n) is 7.18. The fourth-order valence-corrected chi connectivity index (χ4v) is 4.93. The number of carbonyl (C=O) groups excluding carboxylic acids is 1. The smallest absolute Gasteiger partial charge is 0.252 e. The minimum Gasteiger partial charge on any atom is -0.497 e. The second-order valence-corrected chi connectivity index (χ2v) is 9.31. The van der Waals surface area contributed by atoms with E-state index in [1.165, 1.54) is 12.6 Å². The molecule has 1 amide bonds. The molecule has 2 aromatic rings. The van der Waals surface area contributed by atoms with Crippen LogP contribution in [0.5, 0.6) is 5.75 Å². The van der Waals surface area contributed by atoms with Gasteiger partial charge >= 0.3 is 0 Å². The lowest BCUT2D eigenvalue weighted by Crippen LogP contribution is -2.67. The van der Waals surface area contributed by atoms with Crippen LogP contribution in [0.3, 0.4) is 0 Å². The van der Waals surface area contributed by atoms with Gasteiger partial charge in [-0.2, -0.15) is 0 Å². The Morgan fingerprint density at radius 2 is 1.97 bits per heavy atom. The van der Waals surface area contributed by atoms with Gasteiger partial charge in [0.25, 0.3) is 5.91 Å². The topological polar surface area (TPSA) is 83.2 Å². The first-order chi connectivity index (χ1) is 16.3. The molecular formula is C27H35N5O2. The molecule has 0 saturated carbocycles. The van der Waals surface area contributed by atoms with Gasteiger partial charge in [0, 0.05) is 61.5 Å². The second-order valence-electron chi connectivity index (χ2n) is 9.31. The van der Waals surface area contributed by atoms with E-state index in [1.807, 2.05) is 44.2 Å². The van der Waals surface area contributed by atoms with Crippen LogP contribution in [0.2, 0.25) is 0 Å². The molecule has 34 heavy (non-hydrogen) atoms. The average molecular weight is 462 g/mol. The maximum atomic E-state index is 13.3. The minimum absolute atomic E-state index is 0.0831.